The van der Waals surface area contributed by atoms with Crippen molar-refractivity contribution in [3.8, 4) is 6.07 Å². The highest BCUT2D eigenvalue weighted by Gasteiger charge is 2.37. The van der Waals surface area contributed by atoms with E-state index in [0.29, 0.717) is 19.7 Å². The highest BCUT2D eigenvalue weighted by molar-refractivity contribution is 7.10. The number of nitrogens with zero attached hydrogens (tertiary/aromatic N) is 3. The average Bonchev–Trinajstić information content (AvgIpc) is 2.93. The minimum absolute atomic E-state index is 0.00248. The Morgan fingerprint density at radius 2 is 2.16 bits per heavy atom. The number of rotatable bonds is 1. The van der Waals surface area contributed by atoms with Crippen LogP contribution in [0.15, 0.2) is 5.38 Å². The van der Waals surface area contributed by atoms with E-state index in [1.807, 2.05) is 33.1 Å². The van der Waals surface area contributed by atoms with Crippen LogP contribution in [0.2, 0.25) is 0 Å². The Bertz CT molecular complexity index is 689. The van der Waals surface area contributed by atoms with Crippen molar-refractivity contribution >= 4 is 17.4 Å². The van der Waals surface area contributed by atoms with Crippen LogP contribution in [-0.2, 0) is 9.47 Å². The second-order valence-corrected chi connectivity index (χ2v) is 8.53. The molecule has 1 aromatic heterocycles. The number of ether oxygens (including phenoxy) is 2. The van der Waals surface area contributed by atoms with Crippen LogP contribution in [-0.4, -0.2) is 60.3 Å². The number of thiophene rings is 1. The summed E-state index contributed by atoms with van der Waals surface area (Å²) in [5, 5.41) is 11.2. The van der Waals surface area contributed by atoms with Gasteiger partial charge >= 0.3 is 6.09 Å². The zero-order chi connectivity index (χ0) is 18.2. The van der Waals surface area contributed by atoms with Crippen LogP contribution >= 0.6 is 11.3 Å². The van der Waals surface area contributed by atoms with Gasteiger partial charge < -0.3 is 14.4 Å². The lowest BCUT2D eigenvalue weighted by atomic mass is 10.0. The van der Waals surface area contributed by atoms with E-state index >= 15 is 0 Å². The fraction of sp³-hybridized carbons (Fsp3) is 0.667. The lowest BCUT2D eigenvalue weighted by Crippen LogP contribution is -2.60. The van der Waals surface area contributed by atoms with Gasteiger partial charge in [0.2, 0.25) is 0 Å². The van der Waals surface area contributed by atoms with Gasteiger partial charge in [-0.25, -0.2) is 4.79 Å². The minimum atomic E-state index is -0.475. The summed E-state index contributed by atoms with van der Waals surface area (Å²) < 4.78 is 11.6. The normalized spacial score (nSPS) is 24.5. The molecule has 136 valence electrons. The third kappa shape index (κ3) is 3.97. The summed E-state index contributed by atoms with van der Waals surface area (Å²) in [4.78, 5) is 17.2. The number of fused-ring (bicyclic) bond motifs is 1. The lowest BCUT2D eigenvalue weighted by Gasteiger charge is -2.46. The van der Waals surface area contributed by atoms with Gasteiger partial charge in [0.25, 0.3) is 0 Å². The number of carbonyl (C=O) groups is 1. The summed E-state index contributed by atoms with van der Waals surface area (Å²) in [6.07, 6.45) is -0.246. The third-order valence-electron chi connectivity index (χ3n) is 4.67. The van der Waals surface area contributed by atoms with Crippen LogP contribution in [0.25, 0.3) is 0 Å². The minimum Gasteiger partial charge on any atom is -0.444 e. The topological polar surface area (TPSA) is 65.8 Å². The smallest absolute Gasteiger partial charge is 0.410 e. The van der Waals surface area contributed by atoms with Crippen molar-refractivity contribution in [2.75, 3.05) is 32.8 Å². The van der Waals surface area contributed by atoms with Gasteiger partial charge in [-0.05, 0) is 44.2 Å². The van der Waals surface area contributed by atoms with Crippen LogP contribution in [0, 0.1) is 18.3 Å². The quantitative estimate of drug-likeness (QED) is 0.767. The molecule has 2 saturated heterocycles. The molecule has 6 nitrogen and oxygen atoms in total. The molecular weight excluding hydrogens is 338 g/mol. The van der Waals surface area contributed by atoms with Crippen LogP contribution in [0.4, 0.5) is 4.79 Å². The summed E-state index contributed by atoms with van der Waals surface area (Å²) in [5.41, 5.74) is 1.68. The molecule has 2 aliphatic heterocycles. The molecule has 3 rings (SSSR count). The Kier molecular flexibility index (Phi) is 5.05. The molecular formula is C18H25N3O3S. The van der Waals surface area contributed by atoms with Crippen molar-refractivity contribution in [1.82, 2.24) is 9.80 Å². The van der Waals surface area contributed by atoms with Crippen molar-refractivity contribution in [3.63, 3.8) is 0 Å². The highest BCUT2D eigenvalue weighted by Crippen LogP contribution is 2.33. The maximum absolute atomic E-state index is 12.3. The first-order valence-corrected chi connectivity index (χ1v) is 9.48. The van der Waals surface area contributed by atoms with Crippen LogP contribution < -0.4 is 0 Å². The Labute approximate surface area is 152 Å². The molecule has 0 spiro atoms. The van der Waals surface area contributed by atoms with Gasteiger partial charge in [0, 0.05) is 26.2 Å². The number of hydrogen-bond donors (Lipinski definition) is 0. The molecule has 1 aromatic rings. The average molecular weight is 363 g/mol. The van der Waals surface area contributed by atoms with Crippen LogP contribution in [0.1, 0.15) is 42.9 Å². The number of nitriles is 1. The summed E-state index contributed by atoms with van der Waals surface area (Å²) in [6.45, 7) is 11.1. The second kappa shape index (κ2) is 6.94. The van der Waals surface area contributed by atoms with E-state index in [9.17, 15) is 4.79 Å². The molecule has 2 unspecified atom stereocenters. The van der Waals surface area contributed by atoms with E-state index in [0.717, 1.165) is 29.1 Å². The van der Waals surface area contributed by atoms with Gasteiger partial charge in [0.15, 0.2) is 0 Å². The van der Waals surface area contributed by atoms with Gasteiger partial charge in [0.1, 0.15) is 16.5 Å². The molecule has 0 aromatic carbocycles. The second-order valence-electron chi connectivity index (χ2n) is 7.65. The zero-order valence-corrected chi connectivity index (χ0v) is 16.1. The Balaban J connectivity index is 1.61. The van der Waals surface area contributed by atoms with E-state index in [4.69, 9.17) is 14.7 Å². The van der Waals surface area contributed by atoms with E-state index in [-0.39, 0.29) is 18.2 Å². The zero-order valence-electron chi connectivity index (χ0n) is 15.2. The van der Waals surface area contributed by atoms with Gasteiger partial charge in [-0.15, -0.1) is 11.3 Å². The summed E-state index contributed by atoms with van der Waals surface area (Å²) in [5.74, 6) is 0. The first-order chi connectivity index (χ1) is 11.8. The number of morpholine rings is 1. The first kappa shape index (κ1) is 18.2. The third-order valence-corrected chi connectivity index (χ3v) is 5.68. The van der Waals surface area contributed by atoms with E-state index in [2.05, 4.69) is 11.0 Å². The van der Waals surface area contributed by atoms with E-state index in [1.165, 1.54) is 11.3 Å². The molecule has 3 heterocycles. The molecule has 2 aliphatic rings. The predicted octanol–water partition coefficient (Wildman–Crippen LogP) is 2.92. The van der Waals surface area contributed by atoms with Crippen molar-refractivity contribution in [1.29, 1.82) is 5.26 Å². The SMILES string of the molecule is Cc1c(C2CN3CCN(C(=O)OC(C)(C)C)CC3CO2)csc1C#N. The van der Waals surface area contributed by atoms with Gasteiger partial charge in [-0.2, -0.15) is 5.26 Å². The largest absolute Gasteiger partial charge is 0.444 e. The summed E-state index contributed by atoms with van der Waals surface area (Å²) in [6, 6.07) is 2.44. The maximum atomic E-state index is 12.3. The van der Waals surface area contributed by atoms with Crippen LogP contribution in [0.3, 0.4) is 0 Å². The number of piperazine rings is 1. The lowest BCUT2D eigenvalue weighted by molar-refractivity contribution is -0.0906. The van der Waals surface area contributed by atoms with Gasteiger partial charge in [-0.1, -0.05) is 0 Å². The molecule has 2 atom stereocenters. The molecule has 0 aliphatic carbocycles. The van der Waals surface area contributed by atoms with E-state index in [1.54, 1.807) is 4.90 Å². The van der Waals surface area contributed by atoms with Crippen LogP contribution in [0.5, 0.6) is 0 Å². The standard InChI is InChI=1S/C18H25N3O3S/c1-12-14(11-25-16(12)7-19)15-9-20-5-6-21(8-13(20)10-23-15)17(22)24-18(2,3)4/h11,13,15H,5-6,8-10H2,1-4H3. The van der Waals surface area contributed by atoms with Crippen molar-refractivity contribution < 1.29 is 14.3 Å². The fourth-order valence-corrected chi connectivity index (χ4v) is 4.24. The summed E-state index contributed by atoms with van der Waals surface area (Å²) >= 11 is 1.48. The first-order valence-electron chi connectivity index (χ1n) is 8.60. The Hall–Kier alpha value is -1.62. The molecule has 0 radical (unpaired) electrons. The molecule has 25 heavy (non-hydrogen) atoms. The molecule has 0 bridgehead atoms. The van der Waals surface area contributed by atoms with Crippen molar-refractivity contribution in [3.05, 3.63) is 21.4 Å². The summed E-state index contributed by atoms with van der Waals surface area (Å²) in [7, 11) is 0. The van der Waals surface area contributed by atoms with Gasteiger partial charge in [-0.3, -0.25) is 4.90 Å². The van der Waals surface area contributed by atoms with Crippen molar-refractivity contribution in [2.45, 2.75) is 45.4 Å². The molecule has 7 heteroatoms. The monoisotopic (exact) mass is 363 g/mol. The molecule has 1 amide bonds. The van der Waals surface area contributed by atoms with Crippen molar-refractivity contribution in [2.24, 2.45) is 0 Å². The Morgan fingerprint density at radius 3 is 2.80 bits per heavy atom. The Morgan fingerprint density at radius 1 is 1.40 bits per heavy atom. The number of carbonyl (C=O) groups excluding carboxylic acids is 1. The number of hydrogen-bond acceptors (Lipinski definition) is 6. The molecule has 0 N–H and O–H groups in total. The number of amides is 1. The molecule has 0 saturated carbocycles. The highest BCUT2D eigenvalue weighted by atomic mass is 32.1. The fourth-order valence-electron chi connectivity index (χ4n) is 3.32. The predicted molar refractivity (Wildman–Crippen MR) is 95.6 cm³/mol. The molecule has 2 fully saturated rings. The van der Waals surface area contributed by atoms with Gasteiger partial charge in [0.05, 0.1) is 18.8 Å². The maximum Gasteiger partial charge on any atom is 0.410 e. The van der Waals surface area contributed by atoms with E-state index < -0.39 is 5.60 Å².